The molecule has 2 aliphatic heterocycles. The van der Waals surface area contributed by atoms with Crippen molar-refractivity contribution < 1.29 is 13.2 Å². The highest BCUT2D eigenvalue weighted by atomic mass is 32.2. The molecule has 0 atom stereocenters. The van der Waals surface area contributed by atoms with Gasteiger partial charge in [-0.15, -0.1) is 0 Å². The number of aromatic amines is 1. The highest BCUT2D eigenvalue weighted by Crippen LogP contribution is 2.38. The van der Waals surface area contributed by atoms with Crippen LogP contribution in [0.25, 0.3) is 22.5 Å². The van der Waals surface area contributed by atoms with Gasteiger partial charge in [0, 0.05) is 56.6 Å². The molecule has 1 aromatic carbocycles. The number of morpholine rings is 1. The Kier molecular flexibility index (Phi) is 5.30. The van der Waals surface area contributed by atoms with Gasteiger partial charge in [-0.1, -0.05) is 12.1 Å². The molecule has 5 rings (SSSR count). The Balaban J connectivity index is 1.35. The minimum Gasteiger partial charge on any atom is -0.379 e. The third-order valence-electron chi connectivity index (χ3n) is 5.82. The first-order valence-electron chi connectivity index (χ1n) is 10.4. The van der Waals surface area contributed by atoms with Gasteiger partial charge in [-0.05, 0) is 23.8 Å². The highest BCUT2D eigenvalue weighted by molar-refractivity contribution is 7.89. The molecule has 2 aromatic heterocycles. The van der Waals surface area contributed by atoms with E-state index in [1.54, 1.807) is 18.2 Å². The van der Waals surface area contributed by atoms with Crippen LogP contribution in [0, 0.1) is 0 Å². The van der Waals surface area contributed by atoms with Crippen molar-refractivity contribution in [3.8, 4) is 22.5 Å². The minimum atomic E-state index is -3.59. The van der Waals surface area contributed by atoms with Crippen LogP contribution in [0.4, 0.5) is 5.82 Å². The van der Waals surface area contributed by atoms with Gasteiger partial charge in [0.05, 0.1) is 30.0 Å². The molecule has 0 aliphatic carbocycles. The molecule has 3 aromatic rings. The normalized spacial score (nSPS) is 16.5. The summed E-state index contributed by atoms with van der Waals surface area (Å²) in [7, 11) is -1.66. The fourth-order valence-electron chi connectivity index (χ4n) is 4.16. The zero-order valence-electron chi connectivity index (χ0n) is 17.4. The summed E-state index contributed by atoms with van der Waals surface area (Å²) in [6, 6.07) is 9.06. The maximum Gasteiger partial charge on any atom is 0.240 e. The average Bonchev–Trinajstić information content (AvgIpc) is 3.38. The minimum absolute atomic E-state index is 0.258. The van der Waals surface area contributed by atoms with Crippen LogP contribution in [0.3, 0.4) is 0 Å². The fraction of sp³-hybridized carbons (Fsp3) is 0.381. The summed E-state index contributed by atoms with van der Waals surface area (Å²) in [6.07, 6.45) is 1.87. The Morgan fingerprint density at radius 2 is 2.06 bits per heavy atom. The number of nitrogens with one attached hydrogen (secondary N) is 3. The second kappa shape index (κ2) is 8.12. The molecule has 0 spiro atoms. The summed E-state index contributed by atoms with van der Waals surface area (Å²) in [6.45, 7) is 4.81. The second-order valence-electron chi connectivity index (χ2n) is 7.85. The van der Waals surface area contributed by atoms with Crippen LogP contribution in [0.5, 0.6) is 0 Å². The SMILES string of the molecule is Cn1ncc2c1-c1cc(-c3cccc(S(=O)(=O)NCCN4CCOCC4)c3)[nH]c1NC2. The standard InChI is InChI=1S/C21H26N6O3S/c1-26-20-16(14-23-26)13-22-21-18(20)12-19(25-21)15-3-2-4-17(11-15)31(28,29)24-5-6-27-7-9-30-10-8-27/h2-4,11-12,14,22,24-25H,5-10,13H2,1H3. The van der Waals surface area contributed by atoms with Crippen molar-refractivity contribution in [2.45, 2.75) is 11.4 Å². The molecule has 0 radical (unpaired) electrons. The van der Waals surface area contributed by atoms with Crippen LogP contribution >= 0.6 is 0 Å². The summed E-state index contributed by atoms with van der Waals surface area (Å²) in [5.74, 6) is 0.919. The number of H-pyrrole nitrogens is 1. The molecular formula is C21H26N6O3S. The number of benzene rings is 1. The zero-order valence-corrected chi connectivity index (χ0v) is 18.2. The molecule has 0 unspecified atom stereocenters. The molecule has 0 bridgehead atoms. The van der Waals surface area contributed by atoms with E-state index in [1.807, 2.05) is 30.1 Å². The maximum atomic E-state index is 12.8. The van der Waals surface area contributed by atoms with E-state index in [-0.39, 0.29) is 4.90 Å². The van der Waals surface area contributed by atoms with Crippen LogP contribution in [0.1, 0.15) is 5.56 Å². The molecule has 3 N–H and O–H groups in total. The molecule has 31 heavy (non-hydrogen) atoms. The second-order valence-corrected chi connectivity index (χ2v) is 9.61. The number of rotatable bonds is 6. The Bertz CT molecular complexity index is 1190. The summed E-state index contributed by atoms with van der Waals surface area (Å²) >= 11 is 0. The lowest BCUT2D eigenvalue weighted by atomic mass is 10.1. The molecule has 0 amide bonds. The first-order valence-corrected chi connectivity index (χ1v) is 11.9. The quantitative estimate of drug-likeness (QED) is 0.536. The molecule has 4 heterocycles. The van der Waals surface area contributed by atoms with Gasteiger partial charge >= 0.3 is 0 Å². The number of sulfonamides is 1. The van der Waals surface area contributed by atoms with Crippen molar-refractivity contribution in [1.82, 2.24) is 24.4 Å². The van der Waals surface area contributed by atoms with E-state index in [4.69, 9.17) is 4.74 Å². The summed E-state index contributed by atoms with van der Waals surface area (Å²) < 4.78 is 35.6. The van der Waals surface area contributed by atoms with Gasteiger partial charge in [-0.2, -0.15) is 5.10 Å². The molecule has 9 nitrogen and oxygen atoms in total. The molecular weight excluding hydrogens is 416 g/mol. The van der Waals surface area contributed by atoms with Gasteiger partial charge in [0.1, 0.15) is 5.82 Å². The zero-order chi connectivity index (χ0) is 21.4. The van der Waals surface area contributed by atoms with Crippen molar-refractivity contribution >= 4 is 15.8 Å². The fourth-order valence-corrected chi connectivity index (χ4v) is 5.22. The van der Waals surface area contributed by atoms with Crippen LogP contribution < -0.4 is 10.0 Å². The average molecular weight is 443 g/mol. The lowest BCUT2D eigenvalue weighted by Crippen LogP contribution is -2.41. The van der Waals surface area contributed by atoms with Gasteiger partial charge in [-0.3, -0.25) is 9.58 Å². The lowest BCUT2D eigenvalue weighted by molar-refractivity contribution is 0.0390. The summed E-state index contributed by atoms with van der Waals surface area (Å²) in [5, 5.41) is 7.73. The van der Waals surface area contributed by atoms with Gasteiger partial charge in [0.15, 0.2) is 0 Å². The van der Waals surface area contributed by atoms with Crippen LogP contribution in [-0.2, 0) is 28.4 Å². The Morgan fingerprint density at radius 3 is 2.90 bits per heavy atom. The Labute approximate surface area is 181 Å². The number of ether oxygens (including phenoxy) is 1. The third kappa shape index (κ3) is 3.99. The van der Waals surface area contributed by atoms with Crippen LogP contribution in [-0.4, -0.2) is 67.5 Å². The third-order valence-corrected chi connectivity index (χ3v) is 7.28. The Morgan fingerprint density at radius 1 is 1.23 bits per heavy atom. The molecule has 164 valence electrons. The molecule has 2 aliphatic rings. The first-order chi connectivity index (χ1) is 15.0. The number of aromatic nitrogens is 3. The highest BCUT2D eigenvalue weighted by Gasteiger charge is 2.23. The number of nitrogens with zero attached hydrogens (tertiary/aromatic N) is 3. The van der Waals surface area contributed by atoms with Crippen molar-refractivity contribution in [2.24, 2.45) is 7.05 Å². The molecule has 10 heteroatoms. The van der Waals surface area contributed by atoms with Crippen LogP contribution in [0.2, 0.25) is 0 Å². The first kappa shape index (κ1) is 20.3. The van der Waals surface area contributed by atoms with Crippen molar-refractivity contribution in [1.29, 1.82) is 0 Å². The molecule has 1 fully saturated rings. The Hall–Kier alpha value is -2.66. The van der Waals surface area contributed by atoms with E-state index in [2.05, 4.69) is 25.0 Å². The van der Waals surface area contributed by atoms with Gasteiger partial charge in [0.2, 0.25) is 10.0 Å². The van der Waals surface area contributed by atoms with Crippen molar-refractivity contribution in [2.75, 3.05) is 44.7 Å². The lowest BCUT2D eigenvalue weighted by Gasteiger charge is -2.26. The van der Waals surface area contributed by atoms with E-state index < -0.39 is 10.0 Å². The summed E-state index contributed by atoms with van der Waals surface area (Å²) in [5.41, 5.74) is 4.92. The van der Waals surface area contributed by atoms with E-state index in [9.17, 15) is 8.42 Å². The van der Waals surface area contributed by atoms with E-state index >= 15 is 0 Å². The summed E-state index contributed by atoms with van der Waals surface area (Å²) in [4.78, 5) is 5.84. The van der Waals surface area contributed by atoms with E-state index in [1.165, 1.54) is 0 Å². The number of aryl methyl sites for hydroxylation is 1. The molecule has 0 saturated carbocycles. The predicted molar refractivity (Wildman–Crippen MR) is 118 cm³/mol. The van der Waals surface area contributed by atoms with Gasteiger partial charge < -0.3 is 15.0 Å². The van der Waals surface area contributed by atoms with E-state index in [0.29, 0.717) is 32.8 Å². The largest absolute Gasteiger partial charge is 0.379 e. The van der Waals surface area contributed by atoms with Crippen molar-refractivity contribution in [3.63, 3.8) is 0 Å². The van der Waals surface area contributed by atoms with Crippen molar-refractivity contribution in [3.05, 3.63) is 42.1 Å². The number of fused-ring (bicyclic) bond motifs is 3. The van der Waals surface area contributed by atoms with Gasteiger partial charge in [-0.25, -0.2) is 13.1 Å². The monoisotopic (exact) mass is 442 g/mol. The smallest absolute Gasteiger partial charge is 0.240 e. The van der Waals surface area contributed by atoms with Crippen LogP contribution in [0.15, 0.2) is 41.4 Å². The maximum absolute atomic E-state index is 12.8. The predicted octanol–water partition coefficient (Wildman–Crippen LogP) is 1.62. The number of anilines is 1. The topological polar surface area (TPSA) is 104 Å². The van der Waals surface area contributed by atoms with Gasteiger partial charge in [0.25, 0.3) is 0 Å². The number of hydrogen-bond donors (Lipinski definition) is 3. The van der Waals surface area contributed by atoms with E-state index in [0.717, 1.165) is 47.0 Å². The molecule has 1 saturated heterocycles. The number of hydrogen-bond acceptors (Lipinski definition) is 6.